The minimum atomic E-state index is 0.0591. The summed E-state index contributed by atoms with van der Waals surface area (Å²) in [5.41, 5.74) is 0. The maximum atomic E-state index is 11.7. The van der Waals surface area contributed by atoms with Crippen LogP contribution in [-0.4, -0.2) is 45.7 Å². The summed E-state index contributed by atoms with van der Waals surface area (Å²) < 4.78 is 0. The van der Waals surface area contributed by atoms with E-state index in [1.165, 1.54) is 51.4 Å². The summed E-state index contributed by atoms with van der Waals surface area (Å²) in [4.78, 5) is 32.8. The van der Waals surface area contributed by atoms with Gasteiger partial charge in [-0.3, -0.25) is 19.6 Å². The molecular weight excluding hydrogens is 488 g/mol. The lowest BCUT2D eigenvalue weighted by Gasteiger charge is -2.19. The van der Waals surface area contributed by atoms with E-state index in [2.05, 4.69) is 48.3 Å². The summed E-state index contributed by atoms with van der Waals surface area (Å²) in [6.07, 6.45) is 11.3. The second kappa shape index (κ2) is 11.4. The van der Waals surface area contributed by atoms with E-state index < -0.39 is 0 Å². The van der Waals surface area contributed by atoms with Gasteiger partial charge in [-0.1, -0.05) is 64.1 Å². The first kappa shape index (κ1) is 26.6. The van der Waals surface area contributed by atoms with Gasteiger partial charge in [0.05, 0.1) is 10.5 Å². The molecule has 8 atom stereocenters. The zero-order valence-electron chi connectivity index (χ0n) is 22.4. The number of fused-ring (bicyclic) bond motifs is 4. The molecule has 0 aromatic rings. The highest BCUT2D eigenvalue weighted by atomic mass is 32.2. The number of hydrogen-bond donors (Lipinski definition) is 2. The van der Waals surface area contributed by atoms with E-state index in [-0.39, 0.29) is 22.3 Å². The number of aliphatic imine (C=N–C) groups is 2. The first-order chi connectivity index (χ1) is 17.3. The summed E-state index contributed by atoms with van der Waals surface area (Å²) in [5.74, 6) is 6.41. The SMILES string of the molecule is CC(C)[C@@H]1SC(=NC[C@H]2C[C@@H]3CC[C@H]2C3)NC1=O.CC(C)[C@H]1SC(=NC[C@H]2C[C@@H]3CC[C@H]2C3)NC1=O. The lowest BCUT2D eigenvalue weighted by molar-refractivity contribution is -0.120. The Morgan fingerprint density at radius 2 is 1.11 bits per heavy atom. The molecule has 200 valence electrons. The molecule has 0 spiro atoms. The first-order valence-electron chi connectivity index (χ1n) is 14.3. The Labute approximate surface area is 225 Å². The van der Waals surface area contributed by atoms with E-state index in [1.807, 2.05) is 0 Å². The monoisotopic (exact) mass is 532 g/mol. The number of carbonyl (C=O) groups is 2. The zero-order valence-corrected chi connectivity index (χ0v) is 24.0. The Morgan fingerprint density at radius 3 is 1.39 bits per heavy atom. The van der Waals surface area contributed by atoms with E-state index >= 15 is 0 Å². The highest BCUT2D eigenvalue weighted by Gasteiger charge is 2.41. The largest absolute Gasteiger partial charge is 0.304 e. The van der Waals surface area contributed by atoms with Gasteiger partial charge >= 0.3 is 0 Å². The van der Waals surface area contributed by atoms with Crippen LogP contribution in [0.3, 0.4) is 0 Å². The third kappa shape index (κ3) is 6.00. The van der Waals surface area contributed by atoms with Crippen molar-refractivity contribution in [3.05, 3.63) is 0 Å². The zero-order chi connectivity index (χ0) is 25.4. The van der Waals surface area contributed by atoms with Crippen LogP contribution in [0.15, 0.2) is 9.98 Å². The number of nitrogens with one attached hydrogen (secondary N) is 2. The van der Waals surface area contributed by atoms with Crippen LogP contribution < -0.4 is 10.6 Å². The molecule has 0 aromatic carbocycles. The van der Waals surface area contributed by atoms with E-state index in [9.17, 15) is 9.59 Å². The molecule has 4 saturated carbocycles. The van der Waals surface area contributed by atoms with Crippen molar-refractivity contribution in [3.8, 4) is 0 Å². The Hall–Kier alpha value is -1.02. The maximum Gasteiger partial charge on any atom is 0.239 e. The van der Waals surface area contributed by atoms with Crippen LogP contribution in [-0.2, 0) is 9.59 Å². The molecule has 6 aliphatic rings. The molecule has 0 aromatic heterocycles. The number of amides is 2. The Bertz CT molecular complexity index is 832. The van der Waals surface area contributed by atoms with Gasteiger partial charge in [-0.15, -0.1) is 0 Å². The average Bonchev–Trinajstić information content (AvgIpc) is 3.67. The van der Waals surface area contributed by atoms with Crippen molar-refractivity contribution >= 4 is 45.7 Å². The van der Waals surface area contributed by atoms with Gasteiger partial charge in [-0.2, -0.15) is 0 Å². The van der Waals surface area contributed by atoms with Crippen LogP contribution in [0.25, 0.3) is 0 Å². The predicted octanol–water partition coefficient (Wildman–Crippen LogP) is 5.33. The van der Waals surface area contributed by atoms with E-state index in [0.717, 1.165) is 58.9 Å². The van der Waals surface area contributed by atoms with Crippen LogP contribution >= 0.6 is 23.5 Å². The first-order valence-corrected chi connectivity index (χ1v) is 16.1. The van der Waals surface area contributed by atoms with Crippen LogP contribution in [0.2, 0.25) is 0 Å². The predicted molar refractivity (Wildman–Crippen MR) is 151 cm³/mol. The number of nitrogens with zero attached hydrogens (tertiary/aromatic N) is 2. The topological polar surface area (TPSA) is 82.9 Å². The van der Waals surface area contributed by atoms with Gasteiger partial charge < -0.3 is 10.6 Å². The van der Waals surface area contributed by atoms with Crippen molar-refractivity contribution in [1.82, 2.24) is 10.6 Å². The fourth-order valence-electron chi connectivity index (χ4n) is 7.39. The van der Waals surface area contributed by atoms with Crippen molar-refractivity contribution in [2.24, 2.45) is 57.3 Å². The fraction of sp³-hybridized carbons (Fsp3) is 0.857. The average molecular weight is 533 g/mol. The van der Waals surface area contributed by atoms with Gasteiger partial charge in [0.25, 0.3) is 0 Å². The third-order valence-electron chi connectivity index (χ3n) is 9.37. The standard InChI is InChI=1S/2C14H22N2OS/c2*1-8(2)12-13(17)16-14(18-12)15-7-11-6-9-3-4-10(11)5-9/h2*8-12H,3-7H2,1-2H3,(H,15,16,17)/t9-,10+,11-,12+;9-,10+,11-,12-/m11/s1. The van der Waals surface area contributed by atoms with Crippen LogP contribution in [0.1, 0.15) is 79.1 Å². The number of amidine groups is 2. The Kier molecular flexibility index (Phi) is 8.41. The van der Waals surface area contributed by atoms with Crippen LogP contribution in [0, 0.1) is 47.3 Å². The van der Waals surface area contributed by atoms with Gasteiger partial charge in [0.15, 0.2) is 10.3 Å². The summed E-state index contributed by atoms with van der Waals surface area (Å²) in [7, 11) is 0. The third-order valence-corrected chi connectivity index (χ3v) is 12.3. The van der Waals surface area contributed by atoms with Gasteiger partial charge in [0, 0.05) is 13.1 Å². The molecule has 2 amide bonds. The molecule has 2 aliphatic heterocycles. The highest BCUT2D eigenvalue weighted by Crippen LogP contribution is 2.49. The van der Waals surface area contributed by atoms with Crippen molar-refractivity contribution in [2.45, 2.75) is 89.6 Å². The van der Waals surface area contributed by atoms with Crippen molar-refractivity contribution in [1.29, 1.82) is 0 Å². The molecule has 4 aliphatic carbocycles. The quantitative estimate of drug-likeness (QED) is 0.484. The van der Waals surface area contributed by atoms with Gasteiger partial charge in [-0.25, -0.2) is 0 Å². The van der Waals surface area contributed by atoms with Crippen molar-refractivity contribution < 1.29 is 9.59 Å². The summed E-state index contributed by atoms with van der Waals surface area (Å²) in [6.45, 7) is 10.2. The molecule has 4 bridgehead atoms. The molecule has 6 nitrogen and oxygen atoms in total. The number of rotatable bonds is 6. The van der Waals surface area contributed by atoms with Gasteiger partial charge in [-0.05, 0) is 85.9 Å². The highest BCUT2D eigenvalue weighted by molar-refractivity contribution is 8.16. The van der Waals surface area contributed by atoms with Crippen LogP contribution in [0.4, 0.5) is 0 Å². The summed E-state index contributed by atoms with van der Waals surface area (Å²) in [6, 6.07) is 0. The molecule has 2 N–H and O–H groups in total. The lowest BCUT2D eigenvalue weighted by Crippen LogP contribution is -2.28. The van der Waals surface area contributed by atoms with E-state index in [4.69, 9.17) is 0 Å². The Morgan fingerprint density at radius 1 is 0.694 bits per heavy atom. The number of hydrogen-bond acceptors (Lipinski definition) is 6. The minimum Gasteiger partial charge on any atom is -0.304 e. The number of thioether (sulfide) groups is 2. The smallest absolute Gasteiger partial charge is 0.239 e. The fourth-order valence-corrected chi connectivity index (χ4v) is 9.37. The molecule has 2 saturated heterocycles. The molecule has 8 heteroatoms. The van der Waals surface area contributed by atoms with E-state index in [0.29, 0.717) is 11.8 Å². The summed E-state index contributed by atoms with van der Waals surface area (Å²) >= 11 is 3.24. The maximum absolute atomic E-state index is 11.7. The molecule has 0 unspecified atom stereocenters. The molecule has 6 fully saturated rings. The second-order valence-electron chi connectivity index (χ2n) is 12.7. The lowest BCUT2D eigenvalue weighted by atomic mass is 9.89. The molecule has 36 heavy (non-hydrogen) atoms. The van der Waals surface area contributed by atoms with Crippen molar-refractivity contribution in [2.75, 3.05) is 13.1 Å². The second-order valence-corrected chi connectivity index (χ2v) is 15.0. The molecule has 2 heterocycles. The molecule has 6 rings (SSSR count). The molecular formula is C28H44N4O2S2. The van der Waals surface area contributed by atoms with Crippen LogP contribution in [0.5, 0.6) is 0 Å². The molecule has 0 radical (unpaired) electrons. The minimum absolute atomic E-state index is 0.0591. The van der Waals surface area contributed by atoms with E-state index in [1.54, 1.807) is 23.5 Å². The number of carbonyl (C=O) groups excluding carboxylic acids is 2. The summed E-state index contributed by atoms with van der Waals surface area (Å²) in [5, 5.41) is 7.70. The van der Waals surface area contributed by atoms with Crippen molar-refractivity contribution in [3.63, 3.8) is 0 Å². The van der Waals surface area contributed by atoms with Gasteiger partial charge in [0.1, 0.15) is 0 Å². The Balaban J connectivity index is 0.000000148. The van der Waals surface area contributed by atoms with Gasteiger partial charge in [0.2, 0.25) is 11.8 Å². The normalized spacial score (nSPS) is 41.1.